The van der Waals surface area contributed by atoms with E-state index in [0.717, 1.165) is 5.56 Å². The van der Waals surface area contributed by atoms with Crippen molar-refractivity contribution in [2.45, 2.75) is 6.54 Å². The molecule has 0 saturated heterocycles. The van der Waals surface area contributed by atoms with Gasteiger partial charge in [-0.2, -0.15) is 15.4 Å². The molecule has 1 amide bonds. The summed E-state index contributed by atoms with van der Waals surface area (Å²) >= 11 is 0. The van der Waals surface area contributed by atoms with E-state index >= 15 is 0 Å². The maximum Gasteiger partial charge on any atom is 0.277 e. The third-order valence-electron chi connectivity index (χ3n) is 2.40. The van der Waals surface area contributed by atoms with Gasteiger partial charge in [0.1, 0.15) is 5.75 Å². The molecule has 0 aliphatic carbocycles. The van der Waals surface area contributed by atoms with Crippen LogP contribution in [0.5, 0.6) is 5.75 Å². The second kappa shape index (κ2) is 5.28. The fourth-order valence-electron chi connectivity index (χ4n) is 1.46. The number of aromatic nitrogens is 3. The molecule has 0 atom stereocenters. The van der Waals surface area contributed by atoms with Crippen LogP contribution in [0, 0.1) is 0 Å². The molecule has 1 aromatic carbocycles. The number of hydrogen-bond donors (Lipinski definition) is 3. The van der Waals surface area contributed by atoms with Crippen molar-refractivity contribution in [2.75, 3.05) is 12.4 Å². The largest absolute Gasteiger partial charge is 0.495 e. The first-order chi connectivity index (χ1) is 8.74. The molecule has 0 spiro atoms. The monoisotopic (exact) mass is 247 g/mol. The Hall–Kier alpha value is -2.41. The zero-order valence-corrected chi connectivity index (χ0v) is 9.80. The molecule has 94 valence electrons. The smallest absolute Gasteiger partial charge is 0.277 e. The van der Waals surface area contributed by atoms with Gasteiger partial charge in [-0.05, 0) is 17.7 Å². The normalized spacial score (nSPS) is 10.1. The van der Waals surface area contributed by atoms with Crippen LogP contribution in [-0.4, -0.2) is 28.4 Å². The Balaban J connectivity index is 2.21. The molecule has 0 unspecified atom stereocenters. The predicted octanol–water partition coefficient (Wildman–Crippen LogP) is 0.524. The second-order valence-corrected chi connectivity index (χ2v) is 3.55. The van der Waals surface area contributed by atoms with E-state index in [-0.39, 0.29) is 11.6 Å². The van der Waals surface area contributed by atoms with Gasteiger partial charge in [-0.3, -0.25) is 4.79 Å². The Labute approximate surface area is 103 Å². The summed E-state index contributed by atoms with van der Waals surface area (Å²) < 4.78 is 5.19. The number of aromatic amines is 1. The molecule has 0 saturated carbocycles. The Kier molecular flexibility index (Phi) is 3.54. The number of rotatable bonds is 4. The van der Waals surface area contributed by atoms with Crippen molar-refractivity contribution in [3.8, 4) is 5.75 Å². The fourth-order valence-corrected chi connectivity index (χ4v) is 1.46. The van der Waals surface area contributed by atoms with Crippen molar-refractivity contribution in [3.63, 3.8) is 0 Å². The minimum atomic E-state index is -0.359. The number of nitrogens with two attached hydrogens (primary N) is 1. The van der Waals surface area contributed by atoms with Crippen LogP contribution in [0.3, 0.4) is 0 Å². The molecule has 2 aromatic rings. The van der Waals surface area contributed by atoms with Crippen molar-refractivity contribution in [3.05, 3.63) is 35.7 Å². The highest BCUT2D eigenvalue weighted by atomic mass is 16.5. The van der Waals surface area contributed by atoms with Gasteiger partial charge < -0.3 is 15.8 Å². The summed E-state index contributed by atoms with van der Waals surface area (Å²) in [5.41, 5.74) is 7.23. The SMILES string of the molecule is COc1cc(CN)ccc1NC(=O)c1cn[nH]n1. The Morgan fingerprint density at radius 3 is 3.00 bits per heavy atom. The first-order valence-electron chi connectivity index (χ1n) is 5.28. The van der Waals surface area contributed by atoms with Crippen LogP contribution >= 0.6 is 0 Å². The molecular weight excluding hydrogens is 234 g/mol. The molecule has 7 nitrogen and oxygen atoms in total. The third kappa shape index (κ3) is 2.46. The lowest BCUT2D eigenvalue weighted by Crippen LogP contribution is -2.13. The summed E-state index contributed by atoms with van der Waals surface area (Å²) in [4.78, 5) is 11.8. The van der Waals surface area contributed by atoms with Gasteiger partial charge in [0.05, 0.1) is 19.0 Å². The lowest BCUT2D eigenvalue weighted by Gasteiger charge is -2.10. The summed E-state index contributed by atoms with van der Waals surface area (Å²) in [5, 5.41) is 12.3. The van der Waals surface area contributed by atoms with E-state index in [1.807, 2.05) is 6.07 Å². The quantitative estimate of drug-likeness (QED) is 0.730. The Bertz CT molecular complexity index is 538. The third-order valence-corrected chi connectivity index (χ3v) is 2.40. The van der Waals surface area contributed by atoms with Crippen molar-refractivity contribution in [1.29, 1.82) is 0 Å². The van der Waals surface area contributed by atoms with Crippen molar-refractivity contribution < 1.29 is 9.53 Å². The summed E-state index contributed by atoms with van der Waals surface area (Å²) in [5.74, 6) is 0.192. The molecule has 0 aliphatic heterocycles. The average molecular weight is 247 g/mol. The molecule has 18 heavy (non-hydrogen) atoms. The van der Waals surface area contributed by atoms with Gasteiger partial charge in [0.25, 0.3) is 5.91 Å². The number of anilines is 1. The molecule has 0 aliphatic rings. The van der Waals surface area contributed by atoms with Crippen molar-refractivity contribution in [1.82, 2.24) is 15.4 Å². The van der Waals surface area contributed by atoms with Crippen LogP contribution in [0.4, 0.5) is 5.69 Å². The Morgan fingerprint density at radius 2 is 2.39 bits per heavy atom. The number of amides is 1. The van der Waals surface area contributed by atoms with E-state index in [4.69, 9.17) is 10.5 Å². The molecule has 1 heterocycles. The zero-order valence-electron chi connectivity index (χ0n) is 9.80. The predicted molar refractivity (Wildman–Crippen MR) is 65.2 cm³/mol. The van der Waals surface area contributed by atoms with E-state index in [1.54, 1.807) is 12.1 Å². The minimum Gasteiger partial charge on any atom is -0.495 e. The topological polar surface area (TPSA) is 106 Å². The van der Waals surface area contributed by atoms with Crippen LogP contribution < -0.4 is 15.8 Å². The van der Waals surface area contributed by atoms with E-state index in [9.17, 15) is 4.79 Å². The number of carbonyl (C=O) groups is 1. The summed E-state index contributed by atoms with van der Waals surface area (Å²) in [7, 11) is 1.53. The second-order valence-electron chi connectivity index (χ2n) is 3.55. The standard InChI is InChI=1S/C11H13N5O2/c1-18-10-4-7(5-12)2-3-8(10)14-11(17)9-6-13-16-15-9/h2-4,6H,5,12H2,1H3,(H,14,17)(H,13,15,16). The van der Waals surface area contributed by atoms with Crippen LogP contribution in [0.15, 0.2) is 24.4 Å². The first-order valence-corrected chi connectivity index (χ1v) is 5.28. The number of nitrogens with zero attached hydrogens (tertiary/aromatic N) is 2. The van der Waals surface area contributed by atoms with Gasteiger partial charge >= 0.3 is 0 Å². The van der Waals surface area contributed by atoms with Crippen LogP contribution in [-0.2, 0) is 6.54 Å². The number of nitrogens with one attached hydrogen (secondary N) is 2. The van der Waals surface area contributed by atoms with Gasteiger partial charge in [-0.25, -0.2) is 0 Å². The van der Waals surface area contributed by atoms with Crippen LogP contribution in [0.1, 0.15) is 16.1 Å². The molecule has 7 heteroatoms. The fraction of sp³-hybridized carbons (Fsp3) is 0.182. The molecular formula is C11H13N5O2. The lowest BCUT2D eigenvalue weighted by molar-refractivity contribution is 0.102. The summed E-state index contributed by atoms with van der Waals surface area (Å²) in [6.07, 6.45) is 1.34. The van der Waals surface area contributed by atoms with Gasteiger partial charge in [0, 0.05) is 6.54 Å². The van der Waals surface area contributed by atoms with E-state index < -0.39 is 0 Å². The van der Waals surface area contributed by atoms with Crippen molar-refractivity contribution in [2.24, 2.45) is 5.73 Å². The summed E-state index contributed by atoms with van der Waals surface area (Å²) in [6.45, 7) is 0.411. The molecule has 0 radical (unpaired) electrons. The minimum absolute atomic E-state index is 0.208. The van der Waals surface area contributed by atoms with E-state index in [0.29, 0.717) is 18.0 Å². The van der Waals surface area contributed by atoms with Gasteiger partial charge in [-0.15, -0.1) is 0 Å². The summed E-state index contributed by atoms with van der Waals surface area (Å²) in [6, 6.07) is 5.33. The number of carbonyl (C=O) groups excluding carboxylic acids is 1. The number of methoxy groups -OCH3 is 1. The highest BCUT2D eigenvalue weighted by Crippen LogP contribution is 2.25. The molecule has 4 N–H and O–H groups in total. The van der Waals surface area contributed by atoms with Crippen LogP contribution in [0.25, 0.3) is 0 Å². The number of benzene rings is 1. The molecule has 1 aromatic heterocycles. The van der Waals surface area contributed by atoms with Crippen LogP contribution in [0.2, 0.25) is 0 Å². The number of ether oxygens (including phenoxy) is 1. The first kappa shape index (κ1) is 12.1. The lowest BCUT2D eigenvalue weighted by atomic mass is 10.2. The number of H-pyrrole nitrogens is 1. The molecule has 0 bridgehead atoms. The highest BCUT2D eigenvalue weighted by molar-refractivity contribution is 6.03. The molecule has 0 fully saturated rings. The maximum atomic E-state index is 11.8. The zero-order chi connectivity index (χ0) is 13.0. The maximum absolute atomic E-state index is 11.8. The molecule has 2 rings (SSSR count). The highest BCUT2D eigenvalue weighted by Gasteiger charge is 2.12. The van der Waals surface area contributed by atoms with E-state index in [1.165, 1.54) is 13.3 Å². The van der Waals surface area contributed by atoms with E-state index in [2.05, 4.69) is 20.7 Å². The number of hydrogen-bond acceptors (Lipinski definition) is 5. The average Bonchev–Trinajstić information content (AvgIpc) is 2.93. The van der Waals surface area contributed by atoms with Gasteiger partial charge in [-0.1, -0.05) is 6.07 Å². The van der Waals surface area contributed by atoms with Gasteiger partial charge in [0.2, 0.25) is 0 Å². The van der Waals surface area contributed by atoms with Gasteiger partial charge in [0.15, 0.2) is 5.69 Å². The Morgan fingerprint density at radius 1 is 1.56 bits per heavy atom. The van der Waals surface area contributed by atoms with Crippen molar-refractivity contribution >= 4 is 11.6 Å².